The molecule has 1 aliphatic rings. The summed E-state index contributed by atoms with van der Waals surface area (Å²) in [6.07, 6.45) is 0. The lowest BCUT2D eigenvalue weighted by atomic mass is 9.97. The molecule has 1 amide bonds. The number of rotatable bonds is 4. The SMILES string of the molecule is CC(C)(C)c1nc(N2CCN([C@@H](C(N)=O)c3ccccc3)CC2)no1. The lowest BCUT2D eigenvalue weighted by Crippen LogP contribution is -2.50. The number of carbonyl (C=O) groups is 1. The Morgan fingerprint density at radius 1 is 1.16 bits per heavy atom. The lowest BCUT2D eigenvalue weighted by molar-refractivity contribution is -0.123. The molecule has 0 aliphatic carbocycles. The van der Waals surface area contributed by atoms with Gasteiger partial charge in [-0.2, -0.15) is 4.98 Å². The maximum Gasteiger partial charge on any atom is 0.266 e. The summed E-state index contributed by atoms with van der Waals surface area (Å²) >= 11 is 0. The summed E-state index contributed by atoms with van der Waals surface area (Å²) in [4.78, 5) is 20.7. The van der Waals surface area contributed by atoms with Gasteiger partial charge in [-0.05, 0) is 10.7 Å². The molecule has 1 aromatic heterocycles. The third-order valence-corrected chi connectivity index (χ3v) is 4.40. The van der Waals surface area contributed by atoms with Crippen LogP contribution in [0.15, 0.2) is 34.9 Å². The maximum atomic E-state index is 12.0. The lowest BCUT2D eigenvalue weighted by Gasteiger charge is -2.37. The molecule has 7 heteroatoms. The van der Waals surface area contributed by atoms with Crippen LogP contribution < -0.4 is 10.6 Å². The number of amides is 1. The Hall–Kier alpha value is -2.41. The van der Waals surface area contributed by atoms with Gasteiger partial charge in [0.15, 0.2) is 0 Å². The van der Waals surface area contributed by atoms with Crippen molar-refractivity contribution in [3.8, 4) is 0 Å². The second kappa shape index (κ2) is 6.84. The molecule has 1 aromatic carbocycles. The van der Waals surface area contributed by atoms with Crippen LogP contribution >= 0.6 is 0 Å². The molecule has 2 N–H and O–H groups in total. The van der Waals surface area contributed by atoms with Crippen molar-refractivity contribution in [2.45, 2.75) is 32.2 Å². The highest BCUT2D eigenvalue weighted by molar-refractivity contribution is 5.81. The van der Waals surface area contributed by atoms with Gasteiger partial charge in [-0.25, -0.2) is 0 Å². The molecule has 0 bridgehead atoms. The van der Waals surface area contributed by atoms with Gasteiger partial charge in [0.05, 0.1) is 0 Å². The molecule has 134 valence electrons. The number of carbonyl (C=O) groups excluding carboxylic acids is 1. The van der Waals surface area contributed by atoms with Gasteiger partial charge in [0.25, 0.3) is 5.95 Å². The first-order chi connectivity index (χ1) is 11.9. The van der Waals surface area contributed by atoms with E-state index < -0.39 is 6.04 Å². The molecule has 1 saturated heterocycles. The second-order valence-electron chi connectivity index (χ2n) is 7.39. The Morgan fingerprint density at radius 2 is 1.80 bits per heavy atom. The van der Waals surface area contributed by atoms with E-state index in [1.165, 1.54) is 0 Å². The molecule has 2 aromatic rings. The summed E-state index contributed by atoms with van der Waals surface area (Å²) in [5.41, 5.74) is 6.42. The smallest absolute Gasteiger partial charge is 0.266 e. The van der Waals surface area contributed by atoms with Crippen molar-refractivity contribution in [3.63, 3.8) is 0 Å². The van der Waals surface area contributed by atoms with Crippen molar-refractivity contribution in [2.24, 2.45) is 5.73 Å². The fourth-order valence-corrected chi connectivity index (χ4v) is 3.02. The molecular formula is C18H25N5O2. The van der Waals surface area contributed by atoms with Crippen LogP contribution in [0.3, 0.4) is 0 Å². The largest absolute Gasteiger partial charge is 0.368 e. The summed E-state index contributed by atoms with van der Waals surface area (Å²) < 4.78 is 5.37. The van der Waals surface area contributed by atoms with Crippen LogP contribution in [0.1, 0.15) is 38.3 Å². The van der Waals surface area contributed by atoms with E-state index in [0.717, 1.165) is 18.7 Å². The Morgan fingerprint density at radius 3 is 2.32 bits per heavy atom. The number of hydrogen-bond acceptors (Lipinski definition) is 6. The minimum atomic E-state index is -0.404. The molecule has 2 heterocycles. The zero-order chi connectivity index (χ0) is 18.0. The zero-order valence-electron chi connectivity index (χ0n) is 15.0. The predicted molar refractivity (Wildman–Crippen MR) is 95.2 cm³/mol. The van der Waals surface area contributed by atoms with Crippen LogP contribution in [0, 0.1) is 0 Å². The minimum Gasteiger partial charge on any atom is -0.368 e. The van der Waals surface area contributed by atoms with Crippen molar-refractivity contribution >= 4 is 11.9 Å². The first-order valence-corrected chi connectivity index (χ1v) is 8.54. The number of benzene rings is 1. The standard InChI is InChI=1S/C18H25N5O2/c1-18(2,3)16-20-17(21-25-16)23-11-9-22(10-12-23)14(15(19)24)13-7-5-4-6-8-13/h4-8,14H,9-12H2,1-3H3,(H2,19,24)/t14-/m1/s1. The van der Waals surface area contributed by atoms with Gasteiger partial charge in [-0.1, -0.05) is 51.1 Å². The van der Waals surface area contributed by atoms with Crippen molar-refractivity contribution < 1.29 is 9.32 Å². The van der Waals surface area contributed by atoms with Crippen LogP contribution in [0.25, 0.3) is 0 Å². The number of nitrogens with two attached hydrogens (primary N) is 1. The van der Waals surface area contributed by atoms with E-state index in [9.17, 15) is 4.79 Å². The molecule has 3 rings (SSSR count). The van der Waals surface area contributed by atoms with Crippen molar-refractivity contribution in [3.05, 3.63) is 41.8 Å². The van der Waals surface area contributed by atoms with Crippen LogP contribution in [0.4, 0.5) is 5.95 Å². The van der Waals surface area contributed by atoms with E-state index in [1.807, 2.05) is 51.1 Å². The molecule has 1 aliphatic heterocycles. The van der Waals surface area contributed by atoms with Gasteiger partial charge in [0.1, 0.15) is 6.04 Å². The van der Waals surface area contributed by atoms with Crippen LogP contribution in [0.5, 0.6) is 0 Å². The quantitative estimate of drug-likeness (QED) is 0.909. The molecule has 1 atom stereocenters. The minimum absolute atomic E-state index is 0.169. The Labute approximate surface area is 147 Å². The third-order valence-electron chi connectivity index (χ3n) is 4.40. The third kappa shape index (κ3) is 3.82. The Kier molecular flexibility index (Phi) is 4.76. The maximum absolute atomic E-state index is 12.0. The Bertz CT molecular complexity index is 715. The predicted octanol–water partition coefficient (Wildman–Crippen LogP) is 1.72. The van der Waals surface area contributed by atoms with Crippen LogP contribution in [0.2, 0.25) is 0 Å². The zero-order valence-corrected chi connectivity index (χ0v) is 15.0. The fourth-order valence-electron chi connectivity index (χ4n) is 3.02. The highest BCUT2D eigenvalue weighted by Gasteiger charge is 2.31. The van der Waals surface area contributed by atoms with E-state index in [1.54, 1.807) is 0 Å². The number of anilines is 1. The van der Waals surface area contributed by atoms with Crippen LogP contribution in [-0.2, 0) is 10.2 Å². The number of piperazine rings is 1. The fraction of sp³-hybridized carbons (Fsp3) is 0.500. The van der Waals surface area contributed by atoms with E-state index in [0.29, 0.717) is 24.9 Å². The van der Waals surface area contributed by atoms with Gasteiger partial charge >= 0.3 is 0 Å². The highest BCUT2D eigenvalue weighted by atomic mass is 16.5. The number of nitrogens with zero attached hydrogens (tertiary/aromatic N) is 4. The summed E-state index contributed by atoms with van der Waals surface area (Å²) in [5.74, 6) is 0.915. The number of primary amides is 1. The highest BCUT2D eigenvalue weighted by Crippen LogP contribution is 2.25. The van der Waals surface area contributed by atoms with Crippen molar-refractivity contribution in [2.75, 3.05) is 31.1 Å². The molecule has 0 radical (unpaired) electrons. The number of aromatic nitrogens is 2. The molecule has 1 fully saturated rings. The van der Waals surface area contributed by atoms with Gasteiger partial charge in [-0.15, -0.1) is 0 Å². The van der Waals surface area contributed by atoms with Crippen molar-refractivity contribution in [1.82, 2.24) is 15.0 Å². The first kappa shape index (κ1) is 17.4. The van der Waals surface area contributed by atoms with E-state index in [2.05, 4.69) is 19.9 Å². The normalized spacial score (nSPS) is 17.5. The average molecular weight is 343 g/mol. The molecule has 7 nitrogen and oxygen atoms in total. The molecular weight excluding hydrogens is 318 g/mol. The van der Waals surface area contributed by atoms with Gasteiger partial charge in [0.2, 0.25) is 11.8 Å². The second-order valence-corrected chi connectivity index (χ2v) is 7.39. The van der Waals surface area contributed by atoms with E-state index in [-0.39, 0.29) is 11.3 Å². The van der Waals surface area contributed by atoms with E-state index in [4.69, 9.17) is 10.3 Å². The van der Waals surface area contributed by atoms with Gasteiger partial charge in [-0.3, -0.25) is 9.69 Å². The topological polar surface area (TPSA) is 88.5 Å². The Balaban J connectivity index is 1.68. The van der Waals surface area contributed by atoms with E-state index >= 15 is 0 Å². The molecule has 0 unspecified atom stereocenters. The summed E-state index contributed by atoms with van der Waals surface area (Å²) in [6, 6.07) is 9.26. The van der Waals surface area contributed by atoms with Gasteiger partial charge in [0, 0.05) is 31.6 Å². The molecule has 25 heavy (non-hydrogen) atoms. The van der Waals surface area contributed by atoms with Gasteiger partial charge < -0.3 is 15.2 Å². The average Bonchev–Trinajstić information content (AvgIpc) is 3.07. The van der Waals surface area contributed by atoms with Crippen LogP contribution in [-0.4, -0.2) is 47.1 Å². The number of hydrogen-bond donors (Lipinski definition) is 1. The first-order valence-electron chi connectivity index (χ1n) is 8.54. The molecule has 0 spiro atoms. The molecule has 0 saturated carbocycles. The summed E-state index contributed by atoms with van der Waals surface area (Å²) in [7, 11) is 0. The monoisotopic (exact) mass is 343 g/mol. The summed E-state index contributed by atoms with van der Waals surface area (Å²) in [6.45, 7) is 8.99. The van der Waals surface area contributed by atoms with Crippen molar-refractivity contribution in [1.29, 1.82) is 0 Å². The summed E-state index contributed by atoms with van der Waals surface area (Å²) in [5, 5.41) is 4.10.